The number of nitrogens with two attached hydrogens (primary N) is 1. The van der Waals surface area contributed by atoms with E-state index in [0.29, 0.717) is 12.1 Å². The Labute approximate surface area is 186 Å². The number of aliphatic imine (C=N–C) groups is 1. The molecule has 5 N–H and O–H groups in total. The van der Waals surface area contributed by atoms with E-state index in [1.54, 1.807) is 6.20 Å². The maximum Gasteiger partial charge on any atom is 0.408 e. The molecule has 32 heavy (non-hydrogen) atoms. The first-order valence-corrected chi connectivity index (χ1v) is 10.3. The molecule has 0 saturated carbocycles. The number of H-pyrrole nitrogens is 1. The molecule has 2 heterocycles. The number of carbonyl (C=O) groups is 1. The number of hydrogen-bond donors (Lipinski definition) is 4. The zero-order valence-corrected chi connectivity index (χ0v) is 18.3. The highest BCUT2D eigenvalue weighted by atomic mass is 16.6. The number of aromatic nitrogens is 2. The minimum atomic E-state index is -0.592. The van der Waals surface area contributed by atoms with Gasteiger partial charge in [0.05, 0.1) is 17.3 Å². The first kappa shape index (κ1) is 21.3. The molecule has 1 aliphatic rings. The predicted octanol–water partition coefficient (Wildman–Crippen LogP) is 4.00. The molecule has 2 aromatic heterocycles. The predicted molar refractivity (Wildman–Crippen MR) is 127 cm³/mol. The highest BCUT2D eigenvalue weighted by Gasteiger charge is 2.34. The molecule has 0 aliphatic heterocycles. The van der Waals surface area contributed by atoms with E-state index in [0.717, 1.165) is 45.2 Å². The highest BCUT2D eigenvalue weighted by molar-refractivity contribution is 6.08. The zero-order valence-electron chi connectivity index (χ0n) is 18.3. The van der Waals surface area contributed by atoms with E-state index < -0.39 is 11.7 Å². The molecule has 1 amide bonds. The fourth-order valence-electron chi connectivity index (χ4n) is 3.97. The number of rotatable bonds is 4. The van der Waals surface area contributed by atoms with Crippen LogP contribution in [0.2, 0.25) is 0 Å². The van der Waals surface area contributed by atoms with Gasteiger partial charge in [-0.3, -0.25) is 10.4 Å². The lowest BCUT2D eigenvalue weighted by Crippen LogP contribution is -2.39. The van der Waals surface area contributed by atoms with Crippen molar-refractivity contribution in [3.05, 3.63) is 60.1 Å². The molecule has 1 unspecified atom stereocenters. The number of alkyl carbamates (subject to hydrolysis) is 1. The molecular formula is C24H26N6O2. The number of nitrogens with one attached hydrogen (secondary N) is 3. The van der Waals surface area contributed by atoms with Crippen molar-refractivity contribution in [2.75, 3.05) is 0 Å². The van der Waals surface area contributed by atoms with Gasteiger partial charge in [-0.2, -0.15) is 0 Å². The lowest BCUT2D eigenvalue weighted by Gasteiger charge is -2.22. The Balaban J connectivity index is 1.77. The van der Waals surface area contributed by atoms with Gasteiger partial charge in [-0.25, -0.2) is 9.79 Å². The van der Waals surface area contributed by atoms with Crippen LogP contribution in [-0.4, -0.2) is 39.9 Å². The summed E-state index contributed by atoms with van der Waals surface area (Å²) in [5.74, 6) is 0.196. The van der Waals surface area contributed by atoms with Crippen LogP contribution in [-0.2, 0) is 11.2 Å². The van der Waals surface area contributed by atoms with Crippen molar-refractivity contribution in [2.45, 2.75) is 38.8 Å². The molecule has 4 rings (SSSR count). The molecule has 0 radical (unpaired) electrons. The Hall–Kier alpha value is -3.94. The minimum absolute atomic E-state index is 0.196. The summed E-state index contributed by atoms with van der Waals surface area (Å²) in [4.78, 5) is 24.2. The summed E-state index contributed by atoms with van der Waals surface area (Å²) in [5.41, 5.74) is 11.2. The number of para-hydroxylation sites is 1. The molecular weight excluding hydrogens is 404 g/mol. The Morgan fingerprint density at radius 3 is 2.84 bits per heavy atom. The largest absolute Gasteiger partial charge is 0.444 e. The Morgan fingerprint density at radius 1 is 1.38 bits per heavy atom. The summed E-state index contributed by atoms with van der Waals surface area (Å²) >= 11 is 0. The van der Waals surface area contributed by atoms with Crippen LogP contribution < -0.4 is 11.1 Å². The number of amides is 1. The third-order valence-electron chi connectivity index (χ3n) is 5.26. The van der Waals surface area contributed by atoms with Crippen LogP contribution in [0.4, 0.5) is 4.79 Å². The molecule has 8 nitrogen and oxygen atoms in total. The van der Waals surface area contributed by atoms with E-state index in [9.17, 15) is 4.79 Å². The molecule has 1 aromatic carbocycles. The maximum atomic E-state index is 12.3. The van der Waals surface area contributed by atoms with Gasteiger partial charge in [-0.15, -0.1) is 0 Å². The van der Waals surface area contributed by atoms with Crippen molar-refractivity contribution in [3.63, 3.8) is 0 Å². The van der Waals surface area contributed by atoms with Crippen molar-refractivity contribution in [1.82, 2.24) is 15.3 Å². The molecule has 0 bridgehead atoms. The number of carbonyl (C=O) groups excluding carboxylic acids is 1. The summed E-state index contributed by atoms with van der Waals surface area (Å²) in [6.45, 7) is 9.72. The monoisotopic (exact) mass is 430 g/mol. The van der Waals surface area contributed by atoms with Crippen LogP contribution in [0.1, 0.15) is 37.7 Å². The molecule has 1 atom stereocenters. The number of fused-ring (bicyclic) bond motifs is 2. The number of hydrogen-bond acceptors (Lipinski definition) is 4. The summed E-state index contributed by atoms with van der Waals surface area (Å²) < 4.78 is 5.40. The molecule has 164 valence electrons. The Bertz CT molecular complexity index is 1270. The molecule has 8 heteroatoms. The van der Waals surface area contributed by atoms with Crippen molar-refractivity contribution >= 4 is 34.7 Å². The fraction of sp³-hybridized carbons (Fsp3) is 0.250. The first-order chi connectivity index (χ1) is 15.2. The van der Waals surface area contributed by atoms with Gasteiger partial charge in [0.25, 0.3) is 0 Å². The van der Waals surface area contributed by atoms with E-state index in [1.165, 1.54) is 0 Å². The van der Waals surface area contributed by atoms with Gasteiger partial charge < -0.3 is 20.8 Å². The average Bonchev–Trinajstić information content (AvgIpc) is 3.23. The molecule has 0 saturated heterocycles. The van der Waals surface area contributed by atoms with E-state index in [4.69, 9.17) is 15.9 Å². The summed E-state index contributed by atoms with van der Waals surface area (Å²) in [7, 11) is 0. The molecule has 0 fully saturated rings. The number of nitrogens with zero attached hydrogens (tertiary/aromatic N) is 2. The van der Waals surface area contributed by atoms with Crippen LogP contribution in [0.15, 0.2) is 48.1 Å². The smallest absolute Gasteiger partial charge is 0.408 e. The number of benzene rings is 1. The van der Waals surface area contributed by atoms with Crippen molar-refractivity contribution in [3.8, 4) is 11.1 Å². The Morgan fingerprint density at radius 2 is 2.12 bits per heavy atom. The van der Waals surface area contributed by atoms with E-state index in [-0.39, 0.29) is 11.9 Å². The third kappa shape index (κ3) is 3.99. The van der Waals surface area contributed by atoms with Gasteiger partial charge in [-0.05, 0) is 38.5 Å². The second-order valence-electron chi connectivity index (χ2n) is 8.72. The topological polar surface area (TPSA) is 129 Å². The van der Waals surface area contributed by atoms with Crippen molar-refractivity contribution < 1.29 is 9.53 Å². The average molecular weight is 431 g/mol. The maximum absolute atomic E-state index is 12.3. The van der Waals surface area contributed by atoms with Crippen LogP contribution in [0, 0.1) is 5.41 Å². The normalized spacial score (nSPS) is 16.2. The van der Waals surface area contributed by atoms with Gasteiger partial charge in [0.15, 0.2) is 0 Å². The lowest BCUT2D eigenvalue weighted by atomic mass is 9.97. The van der Waals surface area contributed by atoms with Gasteiger partial charge in [0.1, 0.15) is 17.8 Å². The number of aromatic amines is 1. The second-order valence-corrected chi connectivity index (χ2v) is 8.72. The number of pyridine rings is 1. The number of ether oxygens (including phenoxy) is 1. The summed E-state index contributed by atoms with van der Waals surface area (Å²) in [6.07, 6.45) is 2.72. The SMILES string of the molecule is C=C1c2c([nH]c(/C(N)=N\C=N)c2-c2cnc3ccccc3c2)CC1NC(=O)OC(C)(C)C. The van der Waals surface area contributed by atoms with Crippen LogP contribution >= 0.6 is 0 Å². The first-order valence-electron chi connectivity index (χ1n) is 10.3. The van der Waals surface area contributed by atoms with Crippen LogP contribution in [0.3, 0.4) is 0 Å². The van der Waals surface area contributed by atoms with Crippen molar-refractivity contribution in [2.24, 2.45) is 10.7 Å². The molecule has 0 spiro atoms. The molecule has 1 aliphatic carbocycles. The van der Waals surface area contributed by atoms with E-state index in [1.807, 2.05) is 51.1 Å². The summed E-state index contributed by atoms with van der Waals surface area (Å²) in [5, 5.41) is 11.2. The quantitative estimate of drug-likeness (QED) is 0.368. The van der Waals surface area contributed by atoms with Crippen molar-refractivity contribution in [1.29, 1.82) is 5.41 Å². The zero-order chi connectivity index (χ0) is 23.0. The van der Waals surface area contributed by atoms with Gasteiger partial charge in [-0.1, -0.05) is 24.8 Å². The fourth-order valence-corrected chi connectivity index (χ4v) is 3.97. The van der Waals surface area contributed by atoms with Gasteiger partial charge >= 0.3 is 6.09 Å². The van der Waals surface area contributed by atoms with Gasteiger partial charge in [0, 0.05) is 40.4 Å². The third-order valence-corrected chi connectivity index (χ3v) is 5.26. The Kier molecular flexibility index (Phi) is 5.30. The standard InChI is InChI=1S/C24H26N6O2/c1-13-17(30-23(31)32-24(2,3)4)10-18-19(13)20(21(29-18)22(26)28-12-25)15-9-14-7-5-6-8-16(14)27-11-15/h5-9,11-12,17,29H,1,10H2,2-4H3,(H,30,31)(H3,25,26,28). The lowest BCUT2D eigenvalue weighted by molar-refractivity contribution is 0.0517. The van der Waals surface area contributed by atoms with E-state index >= 15 is 0 Å². The van der Waals surface area contributed by atoms with Crippen LogP contribution in [0.5, 0.6) is 0 Å². The summed E-state index contributed by atoms with van der Waals surface area (Å²) in [6, 6.07) is 9.57. The molecule has 3 aromatic rings. The van der Waals surface area contributed by atoms with Crippen LogP contribution in [0.25, 0.3) is 27.6 Å². The van der Waals surface area contributed by atoms with Gasteiger partial charge in [0.2, 0.25) is 0 Å². The minimum Gasteiger partial charge on any atom is -0.444 e. The highest BCUT2D eigenvalue weighted by Crippen LogP contribution is 2.41. The number of amidine groups is 1. The second kappa shape index (κ2) is 7.96. The van der Waals surface area contributed by atoms with E-state index in [2.05, 4.69) is 26.9 Å².